The molecular formula is C15H14FN3O2. The molecule has 21 heavy (non-hydrogen) atoms. The number of benzene rings is 2. The number of ether oxygens (including phenoxy) is 2. The van der Waals surface area contributed by atoms with Gasteiger partial charge < -0.3 is 15.2 Å². The predicted octanol–water partition coefficient (Wildman–Crippen LogP) is 2.76. The number of fused-ring (bicyclic) bond motifs is 1. The van der Waals surface area contributed by atoms with Gasteiger partial charge in [0.05, 0.1) is 30.9 Å². The summed E-state index contributed by atoms with van der Waals surface area (Å²) >= 11 is 0. The summed E-state index contributed by atoms with van der Waals surface area (Å²) in [6, 6.07) is 10.0. The van der Waals surface area contributed by atoms with E-state index in [1.165, 1.54) is 13.2 Å². The number of anilines is 1. The number of nitrogens with two attached hydrogens (primary N) is 1. The van der Waals surface area contributed by atoms with Gasteiger partial charge in [0, 0.05) is 12.1 Å². The van der Waals surface area contributed by atoms with Gasteiger partial charge in [-0.3, -0.25) is 4.57 Å². The van der Waals surface area contributed by atoms with Crippen LogP contribution in [0.1, 0.15) is 0 Å². The van der Waals surface area contributed by atoms with E-state index in [0.717, 1.165) is 5.52 Å². The van der Waals surface area contributed by atoms with E-state index >= 15 is 0 Å². The number of nitrogen functional groups attached to an aromatic ring is 1. The Kier molecular flexibility index (Phi) is 3.13. The summed E-state index contributed by atoms with van der Waals surface area (Å²) < 4.78 is 25.7. The van der Waals surface area contributed by atoms with E-state index in [9.17, 15) is 4.39 Å². The van der Waals surface area contributed by atoms with E-state index in [0.29, 0.717) is 17.0 Å². The highest BCUT2D eigenvalue weighted by Gasteiger charge is 2.13. The molecule has 0 aliphatic carbocycles. The normalized spacial score (nSPS) is 10.8. The van der Waals surface area contributed by atoms with Crippen molar-refractivity contribution in [1.82, 2.24) is 9.55 Å². The molecule has 0 saturated carbocycles. The molecule has 0 spiro atoms. The van der Waals surface area contributed by atoms with Gasteiger partial charge in [0.2, 0.25) is 5.95 Å². The van der Waals surface area contributed by atoms with E-state index in [2.05, 4.69) is 4.98 Å². The van der Waals surface area contributed by atoms with Gasteiger partial charge in [0.15, 0.2) is 11.6 Å². The molecule has 0 aliphatic rings. The SMILES string of the molecule is COc1ccc2nc(N)n(-c3ccc(OC)c(F)c3)c2c1. The molecule has 1 heterocycles. The fourth-order valence-corrected chi connectivity index (χ4v) is 2.27. The molecule has 2 N–H and O–H groups in total. The van der Waals surface area contributed by atoms with Crippen LogP contribution in [0.4, 0.5) is 10.3 Å². The van der Waals surface area contributed by atoms with Crippen LogP contribution >= 0.6 is 0 Å². The summed E-state index contributed by atoms with van der Waals surface area (Å²) in [4.78, 5) is 4.27. The first-order valence-corrected chi connectivity index (χ1v) is 6.30. The Bertz CT molecular complexity index is 814. The van der Waals surface area contributed by atoms with E-state index in [4.69, 9.17) is 15.2 Å². The van der Waals surface area contributed by atoms with Crippen molar-refractivity contribution in [2.45, 2.75) is 0 Å². The van der Waals surface area contributed by atoms with Gasteiger partial charge in [0.25, 0.3) is 0 Å². The average molecular weight is 287 g/mol. The second kappa shape index (κ2) is 4.97. The van der Waals surface area contributed by atoms with Gasteiger partial charge in [-0.05, 0) is 24.3 Å². The quantitative estimate of drug-likeness (QED) is 0.804. The maximum atomic E-state index is 13.9. The number of rotatable bonds is 3. The van der Waals surface area contributed by atoms with Crippen LogP contribution in [0.15, 0.2) is 36.4 Å². The number of hydrogen-bond donors (Lipinski definition) is 1. The zero-order valence-electron chi connectivity index (χ0n) is 11.6. The zero-order chi connectivity index (χ0) is 15.0. The van der Waals surface area contributed by atoms with E-state index in [1.54, 1.807) is 42.0 Å². The predicted molar refractivity (Wildman–Crippen MR) is 78.5 cm³/mol. The monoisotopic (exact) mass is 287 g/mol. The molecule has 0 aliphatic heterocycles. The van der Waals surface area contributed by atoms with E-state index in [1.807, 2.05) is 0 Å². The van der Waals surface area contributed by atoms with Crippen molar-refractivity contribution in [3.63, 3.8) is 0 Å². The molecule has 3 aromatic rings. The third-order valence-electron chi connectivity index (χ3n) is 3.28. The van der Waals surface area contributed by atoms with Crippen molar-refractivity contribution >= 4 is 17.0 Å². The van der Waals surface area contributed by atoms with Gasteiger partial charge in [-0.15, -0.1) is 0 Å². The summed E-state index contributed by atoms with van der Waals surface area (Å²) in [6.07, 6.45) is 0. The first kappa shape index (κ1) is 13.2. The lowest BCUT2D eigenvalue weighted by atomic mass is 10.2. The number of imidazole rings is 1. The first-order valence-electron chi connectivity index (χ1n) is 6.30. The maximum absolute atomic E-state index is 13.9. The topological polar surface area (TPSA) is 62.3 Å². The zero-order valence-corrected chi connectivity index (χ0v) is 11.6. The summed E-state index contributed by atoms with van der Waals surface area (Å²) in [7, 11) is 3.00. The van der Waals surface area contributed by atoms with Crippen molar-refractivity contribution < 1.29 is 13.9 Å². The lowest BCUT2D eigenvalue weighted by Gasteiger charge is -2.09. The maximum Gasteiger partial charge on any atom is 0.205 e. The fourth-order valence-electron chi connectivity index (χ4n) is 2.27. The van der Waals surface area contributed by atoms with Crippen molar-refractivity contribution in [2.75, 3.05) is 20.0 Å². The molecule has 2 aromatic carbocycles. The van der Waals surface area contributed by atoms with Crippen LogP contribution in [-0.2, 0) is 0 Å². The highest BCUT2D eigenvalue weighted by molar-refractivity contribution is 5.82. The number of methoxy groups -OCH3 is 2. The molecule has 6 heteroatoms. The van der Waals surface area contributed by atoms with Gasteiger partial charge in [0.1, 0.15) is 5.75 Å². The molecule has 3 rings (SSSR count). The molecule has 0 amide bonds. The van der Waals surface area contributed by atoms with Gasteiger partial charge in [-0.25, -0.2) is 9.37 Å². The van der Waals surface area contributed by atoms with Crippen molar-refractivity contribution in [1.29, 1.82) is 0 Å². The Morgan fingerprint density at radius 3 is 2.57 bits per heavy atom. The molecule has 0 unspecified atom stereocenters. The van der Waals surface area contributed by atoms with Gasteiger partial charge in [-0.1, -0.05) is 0 Å². The Labute approximate surface area is 120 Å². The standard InChI is InChI=1S/C15H14FN3O2/c1-20-10-4-5-12-13(8-10)19(15(17)18-12)9-3-6-14(21-2)11(16)7-9/h3-8H,1-2H3,(H2,17,18). The Morgan fingerprint density at radius 1 is 1.10 bits per heavy atom. The summed E-state index contributed by atoms with van der Waals surface area (Å²) in [5, 5.41) is 0. The molecule has 108 valence electrons. The average Bonchev–Trinajstić information content (AvgIpc) is 2.81. The minimum Gasteiger partial charge on any atom is -0.497 e. The van der Waals surface area contributed by atoms with Crippen LogP contribution in [0.3, 0.4) is 0 Å². The van der Waals surface area contributed by atoms with Crippen molar-refractivity contribution in [2.24, 2.45) is 0 Å². The number of aromatic nitrogens is 2. The summed E-state index contributed by atoms with van der Waals surface area (Å²) in [6.45, 7) is 0. The number of nitrogens with zero attached hydrogens (tertiary/aromatic N) is 2. The van der Waals surface area contributed by atoms with E-state index in [-0.39, 0.29) is 11.7 Å². The molecular weight excluding hydrogens is 273 g/mol. The molecule has 0 saturated heterocycles. The smallest absolute Gasteiger partial charge is 0.205 e. The van der Waals surface area contributed by atoms with Crippen LogP contribution in [0.5, 0.6) is 11.5 Å². The largest absolute Gasteiger partial charge is 0.497 e. The third kappa shape index (κ3) is 2.14. The minimum atomic E-state index is -0.459. The fraction of sp³-hybridized carbons (Fsp3) is 0.133. The highest BCUT2D eigenvalue weighted by Crippen LogP contribution is 2.28. The third-order valence-corrected chi connectivity index (χ3v) is 3.28. The first-order chi connectivity index (χ1) is 10.1. The number of halogens is 1. The molecule has 0 radical (unpaired) electrons. The Morgan fingerprint density at radius 2 is 1.90 bits per heavy atom. The minimum absolute atomic E-state index is 0.180. The van der Waals surface area contributed by atoms with Crippen LogP contribution in [0, 0.1) is 5.82 Å². The summed E-state index contributed by atoms with van der Waals surface area (Å²) in [5.41, 5.74) is 7.98. The molecule has 0 bridgehead atoms. The van der Waals surface area contributed by atoms with Crippen LogP contribution in [0.25, 0.3) is 16.7 Å². The Balaban J connectivity index is 2.23. The van der Waals surface area contributed by atoms with Gasteiger partial charge >= 0.3 is 0 Å². The molecule has 0 fully saturated rings. The second-order valence-corrected chi connectivity index (χ2v) is 4.48. The van der Waals surface area contributed by atoms with Crippen LogP contribution in [0.2, 0.25) is 0 Å². The van der Waals surface area contributed by atoms with E-state index < -0.39 is 5.82 Å². The second-order valence-electron chi connectivity index (χ2n) is 4.48. The van der Waals surface area contributed by atoms with Crippen molar-refractivity contribution in [3.8, 4) is 17.2 Å². The van der Waals surface area contributed by atoms with Gasteiger partial charge in [-0.2, -0.15) is 0 Å². The molecule has 0 atom stereocenters. The van der Waals surface area contributed by atoms with Crippen molar-refractivity contribution in [3.05, 3.63) is 42.2 Å². The van der Waals surface area contributed by atoms with Crippen LogP contribution in [-0.4, -0.2) is 23.8 Å². The van der Waals surface area contributed by atoms with Crippen LogP contribution < -0.4 is 15.2 Å². The lowest BCUT2D eigenvalue weighted by Crippen LogP contribution is -2.01. The highest BCUT2D eigenvalue weighted by atomic mass is 19.1. The summed E-state index contributed by atoms with van der Waals surface area (Å²) in [5.74, 6) is 0.680. The number of hydrogen-bond acceptors (Lipinski definition) is 4. The Hall–Kier alpha value is -2.76. The molecule has 1 aromatic heterocycles. The lowest BCUT2D eigenvalue weighted by molar-refractivity contribution is 0.386. The molecule has 5 nitrogen and oxygen atoms in total.